The first kappa shape index (κ1) is 14.8. The van der Waals surface area contributed by atoms with Crippen molar-refractivity contribution in [1.82, 2.24) is 0 Å². The normalized spacial score (nSPS) is 21.4. The van der Waals surface area contributed by atoms with Crippen LogP contribution in [-0.2, 0) is 14.6 Å². The molecule has 0 aliphatic carbocycles. The number of carbonyl (C=O) groups is 1. The molecule has 0 aromatic heterocycles. The van der Waals surface area contributed by atoms with Gasteiger partial charge in [0.15, 0.2) is 27.3 Å². The van der Waals surface area contributed by atoms with E-state index in [0.29, 0.717) is 18.9 Å². The Hall–Kier alpha value is -1.57. The van der Waals surface area contributed by atoms with E-state index < -0.39 is 44.8 Å². The van der Waals surface area contributed by atoms with Gasteiger partial charge in [0.25, 0.3) is 0 Å². The first-order valence-electron chi connectivity index (χ1n) is 5.95. The van der Waals surface area contributed by atoms with E-state index >= 15 is 0 Å². The molecule has 4 nitrogen and oxygen atoms in total. The number of anilines is 1. The molecular weight excluding hydrogens is 295 g/mol. The van der Waals surface area contributed by atoms with E-state index in [1.54, 1.807) is 0 Å². The van der Waals surface area contributed by atoms with Crippen LogP contribution in [0.3, 0.4) is 0 Å². The van der Waals surface area contributed by atoms with E-state index in [1.807, 2.05) is 0 Å². The summed E-state index contributed by atoms with van der Waals surface area (Å²) < 4.78 is 62.0. The summed E-state index contributed by atoms with van der Waals surface area (Å²) in [4.78, 5) is 11.8. The van der Waals surface area contributed by atoms with Gasteiger partial charge in [-0.2, -0.15) is 0 Å². The highest BCUT2D eigenvalue weighted by molar-refractivity contribution is 7.91. The molecule has 1 unspecified atom stereocenters. The molecule has 1 aromatic carbocycles. The van der Waals surface area contributed by atoms with Gasteiger partial charge in [-0.1, -0.05) is 0 Å². The molecule has 1 saturated heterocycles. The van der Waals surface area contributed by atoms with Crippen LogP contribution in [0.5, 0.6) is 0 Å². The summed E-state index contributed by atoms with van der Waals surface area (Å²) in [5.41, 5.74) is -0.503. The number of carbonyl (C=O) groups excluding carboxylic acids is 1. The third-order valence-electron chi connectivity index (χ3n) is 3.13. The molecule has 0 radical (unpaired) electrons. The fourth-order valence-corrected chi connectivity index (χ4v) is 3.79. The Morgan fingerprint density at radius 2 is 1.90 bits per heavy atom. The zero-order valence-corrected chi connectivity index (χ0v) is 11.1. The number of hydrogen-bond acceptors (Lipinski definition) is 3. The molecule has 0 spiro atoms. The number of amides is 1. The van der Waals surface area contributed by atoms with Gasteiger partial charge in [0.05, 0.1) is 23.1 Å². The van der Waals surface area contributed by atoms with Crippen LogP contribution in [-0.4, -0.2) is 25.8 Å². The topological polar surface area (TPSA) is 63.2 Å². The number of sulfone groups is 1. The third-order valence-corrected chi connectivity index (χ3v) is 4.95. The van der Waals surface area contributed by atoms with E-state index in [2.05, 4.69) is 5.32 Å². The molecule has 8 heteroatoms. The van der Waals surface area contributed by atoms with E-state index in [0.717, 1.165) is 6.07 Å². The van der Waals surface area contributed by atoms with Crippen LogP contribution in [0.25, 0.3) is 0 Å². The molecule has 0 bridgehead atoms. The molecule has 1 N–H and O–H groups in total. The Morgan fingerprint density at radius 1 is 1.20 bits per heavy atom. The predicted molar refractivity (Wildman–Crippen MR) is 66.3 cm³/mol. The number of hydrogen-bond donors (Lipinski definition) is 1. The SMILES string of the molecule is O=C(Nc1ccc(F)c(F)c1F)C1CCCS(=O)(=O)C1. The van der Waals surface area contributed by atoms with Gasteiger partial charge in [0, 0.05) is 0 Å². The highest BCUT2D eigenvalue weighted by atomic mass is 32.2. The molecular formula is C12H12F3NO3S. The van der Waals surface area contributed by atoms with Crippen molar-refractivity contribution in [2.75, 3.05) is 16.8 Å². The van der Waals surface area contributed by atoms with E-state index in [1.165, 1.54) is 0 Å². The van der Waals surface area contributed by atoms with Crippen molar-refractivity contribution in [3.8, 4) is 0 Å². The Balaban J connectivity index is 2.14. The fourth-order valence-electron chi connectivity index (χ4n) is 2.09. The Kier molecular flexibility index (Phi) is 4.03. The molecule has 1 aliphatic rings. The monoisotopic (exact) mass is 307 g/mol. The van der Waals surface area contributed by atoms with Crippen molar-refractivity contribution < 1.29 is 26.4 Å². The number of benzene rings is 1. The molecule has 1 amide bonds. The van der Waals surface area contributed by atoms with Gasteiger partial charge >= 0.3 is 0 Å². The quantitative estimate of drug-likeness (QED) is 0.848. The highest BCUT2D eigenvalue weighted by Gasteiger charge is 2.30. The fraction of sp³-hybridized carbons (Fsp3) is 0.417. The summed E-state index contributed by atoms with van der Waals surface area (Å²) in [6, 6.07) is 1.58. The minimum atomic E-state index is -3.28. The van der Waals surface area contributed by atoms with E-state index in [9.17, 15) is 26.4 Å². The van der Waals surface area contributed by atoms with Crippen LogP contribution >= 0.6 is 0 Å². The maximum atomic E-state index is 13.4. The summed E-state index contributed by atoms with van der Waals surface area (Å²) in [5.74, 6) is -6.35. The second-order valence-corrected chi connectivity index (χ2v) is 6.89. The predicted octanol–water partition coefficient (Wildman–Crippen LogP) is 1.87. The molecule has 1 aromatic rings. The van der Waals surface area contributed by atoms with Crippen molar-refractivity contribution in [1.29, 1.82) is 0 Å². The molecule has 0 saturated carbocycles. The highest BCUT2D eigenvalue weighted by Crippen LogP contribution is 2.23. The smallest absolute Gasteiger partial charge is 0.228 e. The van der Waals surface area contributed by atoms with Gasteiger partial charge in [-0.25, -0.2) is 21.6 Å². The summed E-state index contributed by atoms with van der Waals surface area (Å²) in [6.07, 6.45) is 0.705. The van der Waals surface area contributed by atoms with Crippen molar-refractivity contribution >= 4 is 21.4 Å². The van der Waals surface area contributed by atoms with Crippen molar-refractivity contribution in [3.05, 3.63) is 29.6 Å². The summed E-state index contributed by atoms with van der Waals surface area (Å²) in [7, 11) is -3.28. The average Bonchev–Trinajstić information content (AvgIpc) is 2.38. The lowest BCUT2D eigenvalue weighted by Crippen LogP contribution is -2.34. The zero-order chi connectivity index (χ0) is 14.9. The van der Waals surface area contributed by atoms with Gasteiger partial charge in [0.2, 0.25) is 5.91 Å². The molecule has 1 atom stereocenters. The Morgan fingerprint density at radius 3 is 2.55 bits per heavy atom. The standard InChI is InChI=1S/C12H12F3NO3S/c13-8-3-4-9(11(15)10(8)14)16-12(17)7-2-1-5-20(18,19)6-7/h3-4,7H,1-2,5-6H2,(H,16,17). The largest absolute Gasteiger partial charge is 0.323 e. The van der Waals surface area contributed by atoms with Crippen molar-refractivity contribution in [2.24, 2.45) is 5.92 Å². The first-order valence-corrected chi connectivity index (χ1v) is 7.77. The lowest BCUT2D eigenvalue weighted by molar-refractivity contribution is -0.119. The van der Waals surface area contributed by atoms with Crippen LogP contribution in [0.4, 0.5) is 18.9 Å². The second-order valence-electron chi connectivity index (χ2n) is 4.67. The van der Waals surface area contributed by atoms with Gasteiger partial charge in [0.1, 0.15) is 0 Å². The lowest BCUT2D eigenvalue weighted by Gasteiger charge is -2.21. The number of rotatable bonds is 2. The molecule has 2 rings (SSSR count). The Labute approximate surface area is 113 Å². The van der Waals surface area contributed by atoms with Crippen LogP contribution < -0.4 is 5.32 Å². The molecule has 1 fully saturated rings. The van der Waals surface area contributed by atoms with Crippen LogP contribution in [0.2, 0.25) is 0 Å². The maximum Gasteiger partial charge on any atom is 0.228 e. The first-order chi connectivity index (χ1) is 9.30. The molecule has 110 valence electrons. The van der Waals surface area contributed by atoms with Crippen LogP contribution in [0.15, 0.2) is 12.1 Å². The molecule has 1 heterocycles. The van der Waals surface area contributed by atoms with Gasteiger partial charge < -0.3 is 5.32 Å². The number of halogens is 3. The molecule has 20 heavy (non-hydrogen) atoms. The van der Waals surface area contributed by atoms with Gasteiger partial charge in [-0.05, 0) is 25.0 Å². The van der Waals surface area contributed by atoms with Crippen molar-refractivity contribution in [2.45, 2.75) is 12.8 Å². The van der Waals surface area contributed by atoms with Crippen molar-refractivity contribution in [3.63, 3.8) is 0 Å². The minimum absolute atomic E-state index is 0.0241. The average molecular weight is 307 g/mol. The van der Waals surface area contributed by atoms with E-state index in [4.69, 9.17) is 0 Å². The summed E-state index contributed by atoms with van der Waals surface area (Å²) in [6.45, 7) is 0. The van der Waals surface area contributed by atoms with Crippen LogP contribution in [0.1, 0.15) is 12.8 Å². The zero-order valence-electron chi connectivity index (χ0n) is 10.3. The van der Waals surface area contributed by atoms with E-state index in [-0.39, 0.29) is 11.5 Å². The summed E-state index contributed by atoms with van der Waals surface area (Å²) >= 11 is 0. The van der Waals surface area contributed by atoms with Gasteiger partial charge in [-0.15, -0.1) is 0 Å². The summed E-state index contributed by atoms with van der Waals surface area (Å²) in [5, 5.41) is 2.10. The number of nitrogens with one attached hydrogen (secondary N) is 1. The third kappa shape index (κ3) is 3.12. The van der Waals surface area contributed by atoms with Gasteiger partial charge in [-0.3, -0.25) is 4.79 Å². The second kappa shape index (κ2) is 5.43. The lowest BCUT2D eigenvalue weighted by atomic mass is 10.0. The minimum Gasteiger partial charge on any atom is -0.323 e. The molecule has 1 aliphatic heterocycles. The Bertz CT molecular complexity index is 646. The van der Waals surface area contributed by atoms with Crippen LogP contribution in [0, 0.1) is 23.4 Å². The maximum absolute atomic E-state index is 13.4.